The molecule has 0 saturated heterocycles. The van der Waals surface area contributed by atoms with Gasteiger partial charge in [-0.1, -0.05) is 35.3 Å². The van der Waals surface area contributed by atoms with Crippen LogP contribution in [0.25, 0.3) is 11.3 Å². The van der Waals surface area contributed by atoms with Crippen LogP contribution in [0.3, 0.4) is 0 Å². The van der Waals surface area contributed by atoms with Crippen LogP contribution in [0.5, 0.6) is 5.75 Å². The number of phenolic OH excluding ortho intramolecular Hbond substituents is 1. The summed E-state index contributed by atoms with van der Waals surface area (Å²) in [5, 5.41) is 28.0. The van der Waals surface area contributed by atoms with Crippen molar-refractivity contribution in [3.8, 4) is 17.0 Å². The molecule has 1 aromatic heterocycles. The molecule has 2 aromatic carbocycles. The van der Waals surface area contributed by atoms with E-state index in [0.717, 1.165) is 11.1 Å². The number of aromatic nitrogens is 2. The maximum Gasteiger partial charge on any atom is 0.273 e. The second-order valence-corrected chi connectivity index (χ2v) is 7.86. The number of carbonyl (C=O) groups is 1. The number of aromatic amines is 1. The summed E-state index contributed by atoms with van der Waals surface area (Å²) in [6.07, 6.45) is 0.442. The Morgan fingerprint density at radius 3 is 2.76 bits per heavy atom. The van der Waals surface area contributed by atoms with Crippen LogP contribution in [-0.4, -0.2) is 44.4 Å². The monoisotopic (exact) mass is 431 g/mol. The second kappa shape index (κ2) is 7.71. The summed E-state index contributed by atoms with van der Waals surface area (Å²) >= 11 is 12.5. The lowest BCUT2D eigenvalue weighted by Gasteiger charge is -2.26. The number of aliphatic hydroxyl groups is 1. The average molecular weight is 432 g/mol. The Morgan fingerprint density at radius 1 is 1.24 bits per heavy atom. The summed E-state index contributed by atoms with van der Waals surface area (Å²) in [4.78, 5) is 14.8. The van der Waals surface area contributed by atoms with Gasteiger partial charge in [0.1, 0.15) is 17.1 Å². The number of carbonyl (C=O) groups excluding carboxylic acids is 1. The van der Waals surface area contributed by atoms with Crippen molar-refractivity contribution in [3.63, 3.8) is 0 Å². The first-order chi connectivity index (χ1) is 13.9. The van der Waals surface area contributed by atoms with Gasteiger partial charge in [-0.05, 0) is 48.7 Å². The number of fused-ring (bicyclic) bond motifs is 1. The number of hydrogen-bond donors (Lipinski definition) is 3. The Morgan fingerprint density at radius 2 is 2.03 bits per heavy atom. The molecule has 2 heterocycles. The van der Waals surface area contributed by atoms with Gasteiger partial charge < -0.3 is 15.1 Å². The van der Waals surface area contributed by atoms with Crippen LogP contribution in [-0.2, 0) is 0 Å². The largest absolute Gasteiger partial charge is 0.507 e. The van der Waals surface area contributed by atoms with Gasteiger partial charge in [0.2, 0.25) is 0 Å². The smallest absolute Gasteiger partial charge is 0.273 e. The molecule has 0 spiro atoms. The number of benzene rings is 2. The van der Waals surface area contributed by atoms with Crippen LogP contribution in [0.15, 0.2) is 36.4 Å². The van der Waals surface area contributed by atoms with Crippen molar-refractivity contribution >= 4 is 29.1 Å². The van der Waals surface area contributed by atoms with Gasteiger partial charge in [-0.2, -0.15) is 5.10 Å². The molecule has 4 rings (SSSR count). The van der Waals surface area contributed by atoms with Gasteiger partial charge in [0.05, 0.1) is 6.04 Å². The predicted octanol–water partition coefficient (Wildman–Crippen LogP) is 4.33. The van der Waals surface area contributed by atoms with Gasteiger partial charge in [-0.15, -0.1) is 0 Å². The lowest BCUT2D eigenvalue weighted by Crippen LogP contribution is -2.31. The van der Waals surface area contributed by atoms with E-state index in [2.05, 4.69) is 10.2 Å². The molecule has 150 valence electrons. The quantitative estimate of drug-likeness (QED) is 0.560. The molecule has 0 saturated carbocycles. The summed E-state index contributed by atoms with van der Waals surface area (Å²) in [5.41, 5.74) is 3.49. The predicted molar refractivity (Wildman–Crippen MR) is 111 cm³/mol. The van der Waals surface area contributed by atoms with Gasteiger partial charge in [-0.25, -0.2) is 0 Å². The molecule has 1 aliphatic heterocycles. The molecule has 1 amide bonds. The molecule has 1 atom stereocenters. The van der Waals surface area contributed by atoms with E-state index in [1.165, 1.54) is 0 Å². The van der Waals surface area contributed by atoms with Crippen LogP contribution < -0.4 is 0 Å². The van der Waals surface area contributed by atoms with Crippen LogP contribution in [0.2, 0.25) is 10.0 Å². The van der Waals surface area contributed by atoms with Crippen molar-refractivity contribution in [2.24, 2.45) is 0 Å². The maximum absolute atomic E-state index is 13.1. The highest BCUT2D eigenvalue weighted by Gasteiger charge is 2.42. The van der Waals surface area contributed by atoms with Crippen LogP contribution >= 0.6 is 23.2 Å². The molecule has 29 heavy (non-hydrogen) atoms. The molecule has 0 fully saturated rings. The number of amides is 1. The fraction of sp³-hybridized carbons (Fsp3) is 0.238. The number of hydrogen-bond acceptors (Lipinski definition) is 4. The molecule has 8 heteroatoms. The summed E-state index contributed by atoms with van der Waals surface area (Å²) in [6, 6.07) is 10.1. The number of rotatable bonds is 5. The Bertz CT molecular complexity index is 1100. The van der Waals surface area contributed by atoms with Crippen LogP contribution in [0.1, 0.15) is 39.6 Å². The van der Waals surface area contributed by atoms with Gasteiger partial charge >= 0.3 is 0 Å². The summed E-state index contributed by atoms with van der Waals surface area (Å²) < 4.78 is 0. The fourth-order valence-corrected chi connectivity index (χ4v) is 4.12. The Balaban J connectivity index is 1.91. The minimum Gasteiger partial charge on any atom is -0.507 e. The number of H-pyrrole nitrogens is 1. The summed E-state index contributed by atoms with van der Waals surface area (Å²) in [7, 11) is 0. The summed E-state index contributed by atoms with van der Waals surface area (Å²) in [5.74, 6) is -0.179. The number of nitrogens with one attached hydrogen (secondary N) is 1. The number of halogens is 2. The zero-order valence-corrected chi connectivity index (χ0v) is 17.1. The Hall–Kier alpha value is -2.54. The average Bonchev–Trinajstić information content (AvgIpc) is 3.22. The van der Waals surface area contributed by atoms with Gasteiger partial charge in [0, 0.05) is 34.3 Å². The topological polar surface area (TPSA) is 89.5 Å². The normalized spacial score (nSPS) is 15.8. The molecule has 3 aromatic rings. The third kappa shape index (κ3) is 3.37. The van der Waals surface area contributed by atoms with E-state index in [0.29, 0.717) is 45.5 Å². The number of phenols is 1. The first-order valence-corrected chi connectivity index (χ1v) is 9.93. The Labute approximate surface area is 177 Å². The maximum atomic E-state index is 13.1. The van der Waals surface area contributed by atoms with E-state index in [1.54, 1.807) is 36.1 Å². The molecule has 1 aliphatic rings. The van der Waals surface area contributed by atoms with E-state index < -0.39 is 6.04 Å². The van der Waals surface area contributed by atoms with Gasteiger partial charge in [0.25, 0.3) is 5.91 Å². The van der Waals surface area contributed by atoms with Crippen LogP contribution in [0.4, 0.5) is 0 Å². The fourth-order valence-electron chi connectivity index (χ4n) is 3.75. The first kappa shape index (κ1) is 19.8. The van der Waals surface area contributed by atoms with E-state index in [-0.39, 0.29) is 18.3 Å². The van der Waals surface area contributed by atoms with Gasteiger partial charge in [0.15, 0.2) is 0 Å². The highest BCUT2D eigenvalue weighted by molar-refractivity contribution is 6.31. The van der Waals surface area contributed by atoms with Crippen molar-refractivity contribution in [1.29, 1.82) is 0 Å². The second-order valence-electron chi connectivity index (χ2n) is 7.01. The Kier molecular flexibility index (Phi) is 5.25. The number of nitrogens with zero attached hydrogens (tertiary/aromatic N) is 2. The van der Waals surface area contributed by atoms with Gasteiger partial charge in [-0.3, -0.25) is 9.89 Å². The molecule has 0 aliphatic carbocycles. The minimum atomic E-state index is -0.448. The van der Waals surface area contributed by atoms with E-state index in [9.17, 15) is 15.0 Å². The van der Waals surface area contributed by atoms with Crippen molar-refractivity contribution in [1.82, 2.24) is 15.1 Å². The van der Waals surface area contributed by atoms with Crippen molar-refractivity contribution in [2.45, 2.75) is 19.4 Å². The summed E-state index contributed by atoms with van der Waals surface area (Å²) in [6.45, 7) is 2.14. The zero-order chi connectivity index (χ0) is 20.7. The highest BCUT2D eigenvalue weighted by atomic mass is 35.5. The van der Waals surface area contributed by atoms with Crippen molar-refractivity contribution < 1.29 is 15.0 Å². The molecular weight excluding hydrogens is 413 g/mol. The standard InChI is InChI=1S/C21H19Cl2N3O3/c1-11-8-16(28)14(10-15(11)23)18-17-19(25-24-18)21(29)26(6-3-7-27)20(17)12-4-2-5-13(22)9-12/h2,4-5,8-10,20,27-28H,3,6-7H2,1H3,(H,24,25). The van der Waals surface area contributed by atoms with Crippen LogP contribution in [0, 0.1) is 6.92 Å². The van der Waals surface area contributed by atoms with E-state index in [4.69, 9.17) is 23.2 Å². The molecule has 0 radical (unpaired) electrons. The van der Waals surface area contributed by atoms with E-state index in [1.807, 2.05) is 12.1 Å². The van der Waals surface area contributed by atoms with Crippen molar-refractivity contribution in [2.75, 3.05) is 13.2 Å². The molecular formula is C21H19Cl2N3O3. The molecule has 1 unspecified atom stereocenters. The minimum absolute atomic E-state index is 0.0283. The van der Waals surface area contributed by atoms with E-state index >= 15 is 0 Å². The number of aryl methyl sites for hydroxylation is 1. The third-order valence-electron chi connectivity index (χ3n) is 5.12. The first-order valence-electron chi connectivity index (χ1n) is 9.17. The zero-order valence-electron chi connectivity index (χ0n) is 15.6. The lowest BCUT2D eigenvalue weighted by atomic mass is 9.95. The molecule has 0 bridgehead atoms. The third-order valence-corrected chi connectivity index (χ3v) is 5.76. The highest BCUT2D eigenvalue weighted by Crippen LogP contribution is 2.45. The number of aromatic hydroxyl groups is 1. The molecule has 6 nitrogen and oxygen atoms in total. The lowest BCUT2D eigenvalue weighted by molar-refractivity contribution is 0.0732. The molecule has 3 N–H and O–H groups in total. The number of aliphatic hydroxyl groups excluding tert-OH is 1. The SMILES string of the molecule is Cc1cc(O)c(-c2n[nH]c3c2C(c2cccc(Cl)c2)N(CCCO)C3=O)cc1Cl. The van der Waals surface area contributed by atoms with Crippen molar-refractivity contribution in [3.05, 3.63) is 68.8 Å².